The van der Waals surface area contributed by atoms with Crippen LogP contribution in [0.15, 0.2) is 30.3 Å². The predicted molar refractivity (Wildman–Crippen MR) is 91.3 cm³/mol. The number of rotatable bonds is 2. The molecule has 3 aromatic rings. The van der Waals surface area contributed by atoms with Crippen molar-refractivity contribution < 1.29 is 22.8 Å². The molecule has 0 bridgehead atoms. The predicted octanol–water partition coefficient (Wildman–Crippen LogP) is 2.95. The lowest BCUT2D eigenvalue weighted by molar-refractivity contribution is -0.123. The van der Waals surface area contributed by atoms with E-state index in [4.69, 9.17) is 0 Å². The Kier molecular flexibility index (Phi) is 4.17. The molecule has 2 amide bonds. The maximum absolute atomic E-state index is 12.7. The first-order valence-corrected chi connectivity index (χ1v) is 7.77. The summed E-state index contributed by atoms with van der Waals surface area (Å²) in [4.78, 5) is 26.3. The van der Waals surface area contributed by atoms with E-state index in [0.29, 0.717) is 11.0 Å². The molecule has 6 nitrogen and oxygen atoms in total. The van der Waals surface area contributed by atoms with Crippen molar-refractivity contribution in [1.29, 1.82) is 0 Å². The van der Waals surface area contributed by atoms with Crippen molar-refractivity contribution in [3.05, 3.63) is 36.0 Å². The molecule has 0 spiro atoms. The molecular formula is C17H17F3N4O2. The van der Waals surface area contributed by atoms with Gasteiger partial charge in [0, 0.05) is 26.5 Å². The Bertz CT molecular complexity index is 1010. The minimum Gasteiger partial charge on any atom is -0.342 e. The lowest BCUT2D eigenvalue weighted by atomic mass is 10.2. The van der Waals surface area contributed by atoms with Crippen LogP contribution >= 0.6 is 0 Å². The van der Waals surface area contributed by atoms with Crippen molar-refractivity contribution in [2.45, 2.75) is 6.18 Å². The minimum atomic E-state index is -4.54. The third kappa shape index (κ3) is 2.89. The zero-order chi connectivity index (χ0) is 19.2. The molecular weight excluding hydrogens is 349 g/mol. The van der Waals surface area contributed by atoms with Crippen molar-refractivity contribution in [3.63, 3.8) is 0 Å². The molecule has 2 aromatic heterocycles. The summed E-state index contributed by atoms with van der Waals surface area (Å²) >= 11 is 0. The molecule has 26 heavy (non-hydrogen) atoms. The van der Waals surface area contributed by atoms with E-state index in [-0.39, 0.29) is 5.69 Å². The third-order valence-electron chi connectivity index (χ3n) is 4.12. The first-order chi connectivity index (χ1) is 12.1. The number of halogens is 3. The van der Waals surface area contributed by atoms with Crippen molar-refractivity contribution >= 4 is 33.9 Å². The Labute approximate surface area is 146 Å². The molecule has 0 aliphatic heterocycles. The second-order valence-electron chi connectivity index (χ2n) is 6.15. The highest BCUT2D eigenvalue weighted by molar-refractivity contribution is 6.14. The van der Waals surface area contributed by atoms with Crippen LogP contribution in [0.5, 0.6) is 0 Å². The molecule has 9 heteroatoms. The Balaban J connectivity index is 2.23. The molecule has 0 saturated carbocycles. The zero-order valence-electron chi connectivity index (χ0n) is 14.4. The summed E-state index contributed by atoms with van der Waals surface area (Å²) in [6.07, 6.45) is -4.54. The summed E-state index contributed by atoms with van der Waals surface area (Å²) in [5.74, 6) is -0.960. The largest absolute Gasteiger partial charge is 0.405 e. The van der Waals surface area contributed by atoms with Crippen molar-refractivity contribution in [3.8, 4) is 0 Å². The number of nitrogens with zero attached hydrogens (tertiary/aromatic N) is 3. The van der Waals surface area contributed by atoms with Gasteiger partial charge in [0.15, 0.2) is 0 Å². The van der Waals surface area contributed by atoms with Crippen LogP contribution in [0.25, 0.3) is 21.9 Å². The van der Waals surface area contributed by atoms with Gasteiger partial charge in [-0.1, -0.05) is 18.2 Å². The standard InChI is InChI=1S/C17H17F3N4O2/c1-22(2)16(26)24-13(15(25)21-9-17(18,19)20)8-12-14(24)10-6-4-5-7-11(10)23(12)3/h4-8H,9H2,1-3H3,(H,21,25). The topological polar surface area (TPSA) is 59.3 Å². The van der Waals surface area contributed by atoms with Crippen molar-refractivity contribution in [1.82, 2.24) is 19.4 Å². The van der Waals surface area contributed by atoms with Crippen molar-refractivity contribution in [2.24, 2.45) is 7.05 Å². The highest BCUT2D eigenvalue weighted by Gasteiger charge is 2.30. The normalized spacial score (nSPS) is 11.9. The van der Waals surface area contributed by atoms with Crippen LogP contribution in [0, 0.1) is 0 Å². The molecule has 1 aromatic carbocycles. The monoisotopic (exact) mass is 366 g/mol. The number of hydrogen-bond donors (Lipinski definition) is 1. The van der Waals surface area contributed by atoms with E-state index in [1.807, 2.05) is 17.4 Å². The summed E-state index contributed by atoms with van der Waals surface area (Å²) in [5, 5.41) is 2.56. The van der Waals surface area contributed by atoms with E-state index >= 15 is 0 Å². The van der Waals surface area contributed by atoms with E-state index in [0.717, 1.165) is 15.5 Å². The first-order valence-electron chi connectivity index (χ1n) is 7.77. The first kappa shape index (κ1) is 17.8. The van der Waals surface area contributed by atoms with Crippen LogP contribution in [-0.2, 0) is 7.05 Å². The molecule has 0 saturated heterocycles. The van der Waals surface area contributed by atoms with Gasteiger partial charge in [-0.15, -0.1) is 0 Å². The molecule has 3 rings (SSSR count). The number of alkyl halides is 3. The Morgan fingerprint density at radius 1 is 1.15 bits per heavy atom. The van der Waals surface area contributed by atoms with Gasteiger partial charge in [-0.05, 0) is 12.1 Å². The van der Waals surface area contributed by atoms with E-state index in [1.54, 1.807) is 23.7 Å². The van der Waals surface area contributed by atoms with Gasteiger partial charge in [0.25, 0.3) is 5.91 Å². The molecule has 0 atom stereocenters. The summed E-state index contributed by atoms with van der Waals surface area (Å²) in [6.45, 7) is -1.47. The average Bonchev–Trinajstić information content (AvgIpc) is 3.08. The molecule has 0 unspecified atom stereocenters. The molecule has 0 fully saturated rings. The fraction of sp³-hybridized carbons (Fsp3) is 0.294. The van der Waals surface area contributed by atoms with Gasteiger partial charge in [0.2, 0.25) is 0 Å². The maximum atomic E-state index is 12.7. The highest BCUT2D eigenvalue weighted by atomic mass is 19.4. The number of carbonyl (C=O) groups is 2. The lowest BCUT2D eigenvalue weighted by Crippen LogP contribution is -2.37. The van der Waals surface area contributed by atoms with E-state index in [1.165, 1.54) is 25.1 Å². The number of benzene rings is 1. The summed E-state index contributed by atoms with van der Waals surface area (Å²) < 4.78 is 40.3. The number of hydrogen-bond acceptors (Lipinski definition) is 2. The number of amides is 2. The molecule has 0 radical (unpaired) electrons. The number of para-hydroxylation sites is 1. The fourth-order valence-corrected chi connectivity index (χ4v) is 2.94. The van der Waals surface area contributed by atoms with Gasteiger partial charge >= 0.3 is 12.2 Å². The van der Waals surface area contributed by atoms with Crippen molar-refractivity contribution in [2.75, 3.05) is 20.6 Å². The highest BCUT2D eigenvalue weighted by Crippen LogP contribution is 2.31. The average molecular weight is 366 g/mol. The van der Waals surface area contributed by atoms with Gasteiger partial charge < -0.3 is 14.8 Å². The second-order valence-corrected chi connectivity index (χ2v) is 6.15. The smallest absolute Gasteiger partial charge is 0.342 e. The third-order valence-corrected chi connectivity index (χ3v) is 4.12. The lowest BCUT2D eigenvalue weighted by Gasteiger charge is -2.15. The van der Waals surface area contributed by atoms with Crippen LogP contribution < -0.4 is 5.32 Å². The fourth-order valence-electron chi connectivity index (χ4n) is 2.94. The van der Waals surface area contributed by atoms with Gasteiger partial charge in [0.05, 0.1) is 16.6 Å². The van der Waals surface area contributed by atoms with Crippen LogP contribution in [0.2, 0.25) is 0 Å². The molecule has 0 aliphatic carbocycles. The SMILES string of the molecule is CN(C)C(=O)n1c(C(=O)NCC(F)(F)F)cc2c1c1ccccc1n2C. The zero-order valence-corrected chi connectivity index (χ0v) is 14.4. The van der Waals surface area contributed by atoms with Gasteiger partial charge in [0.1, 0.15) is 12.2 Å². The maximum Gasteiger partial charge on any atom is 0.405 e. The van der Waals surface area contributed by atoms with Crippen LogP contribution in [0.1, 0.15) is 10.5 Å². The van der Waals surface area contributed by atoms with Crippen LogP contribution in [0.3, 0.4) is 0 Å². The van der Waals surface area contributed by atoms with Crippen LogP contribution in [0.4, 0.5) is 18.0 Å². The minimum absolute atomic E-state index is 0.140. The second kappa shape index (κ2) is 6.08. The van der Waals surface area contributed by atoms with E-state index in [2.05, 4.69) is 0 Å². The van der Waals surface area contributed by atoms with Gasteiger partial charge in [-0.25, -0.2) is 4.79 Å². The molecule has 138 valence electrons. The number of carbonyl (C=O) groups excluding carboxylic acids is 2. The quantitative estimate of drug-likeness (QED) is 0.758. The summed E-state index contributed by atoms with van der Waals surface area (Å²) in [6, 6.07) is 8.22. The molecule has 0 aliphatic rings. The van der Waals surface area contributed by atoms with Gasteiger partial charge in [-0.2, -0.15) is 13.2 Å². The van der Waals surface area contributed by atoms with Crippen LogP contribution in [-0.4, -0.2) is 52.8 Å². The number of fused-ring (bicyclic) bond motifs is 3. The Hall–Kier alpha value is -2.97. The van der Waals surface area contributed by atoms with E-state index < -0.39 is 24.7 Å². The number of aromatic nitrogens is 2. The summed E-state index contributed by atoms with van der Waals surface area (Å²) in [7, 11) is 4.79. The Morgan fingerprint density at radius 3 is 2.42 bits per heavy atom. The Morgan fingerprint density at radius 2 is 1.81 bits per heavy atom. The van der Waals surface area contributed by atoms with E-state index in [9.17, 15) is 22.8 Å². The number of aryl methyl sites for hydroxylation is 1. The number of nitrogens with one attached hydrogen (secondary N) is 1. The van der Waals surface area contributed by atoms with Gasteiger partial charge in [-0.3, -0.25) is 9.36 Å². The molecule has 2 heterocycles. The molecule has 1 N–H and O–H groups in total. The summed E-state index contributed by atoms with van der Waals surface area (Å²) in [5.41, 5.74) is 1.77.